The number of piperidine rings is 1. The maximum atomic E-state index is 12.7. The summed E-state index contributed by atoms with van der Waals surface area (Å²) in [5, 5.41) is 5.89. The summed E-state index contributed by atoms with van der Waals surface area (Å²) in [6, 6.07) is 22.6. The largest absolute Gasteiger partial charge is 0.490 e. The van der Waals surface area contributed by atoms with Gasteiger partial charge in [-0.15, -0.1) is 0 Å². The van der Waals surface area contributed by atoms with Crippen LogP contribution in [0, 0.1) is 0 Å². The van der Waals surface area contributed by atoms with Gasteiger partial charge in [0.1, 0.15) is 12.4 Å². The van der Waals surface area contributed by atoms with Crippen molar-refractivity contribution in [2.24, 2.45) is 0 Å². The van der Waals surface area contributed by atoms with Gasteiger partial charge < -0.3 is 10.1 Å². The lowest BCUT2D eigenvalue weighted by molar-refractivity contribution is 0.0710. The molecule has 1 amide bonds. The number of amides is 1. The van der Waals surface area contributed by atoms with Crippen molar-refractivity contribution >= 4 is 16.7 Å². The van der Waals surface area contributed by atoms with E-state index >= 15 is 0 Å². The van der Waals surface area contributed by atoms with Gasteiger partial charge in [-0.3, -0.25) is 9.69 Å². The third-order valence-corrected chi connectivity index (χ3v) is 6.10. The zero-order valence-corrected chi connectivity index (χ0v) is 15.9. The molecule has 28 heavy (non-hydrogen) atoms. The predicted molar refractivity (Wildman–Crippen MR) is 111 cm³/mol. The molecule has 0 aliphatic carbocycles. The molecule has 3 aromatic rings. The lowest BCUT2D eigenvalue weighted by Gasteiger charge is -2.41. The average Bonchev–Trinajstić information content (AvgIpc) is 2.87. The molecule has 0 aromatic heterocycles. The van der Waals surface area contributed by atoms with Gasteiger partial charge in [0, 0.05) is 19.6 Å². The topological polar surface area (TPSA) is 41.6 Å². The van der Waals surface area contributed by atoms with E-state index in [-0.39, 0.29) is 11.4 Å². The molecular weight excluding hydrogens is 348 g/mol. The van der Waals surface area contributed by atoms with E-state index in [9.17, 15) is 4.79 Å². The molecule has 2 aliphatic heterocycles. The van der Waals surface area contributed by atoms with Crippen molar-refractivity contribution in [3.05, 3.63) is 77.9 Å². The Kier molecular flexibility index (Phi) is 4.29. The Morgan fingerprint density at radius 1 is 0.929 bits per heavy atom. The molecule has 0 saturated carbocycles. The van der Waals surface area contributed by atoms with Gasteiger partial charge in [0.25, 0.3) is 5.91 Å². The van der Waals surface area contributed by atoms with E-state index in [2.05, 4.69) is 52.7 Å². The average molecular weight is 372 g/mol. The first-order chi connectivity index (χ1) is 13.7. The normalized spacial score (nSPS) is 18.9. The van der Waals surface area contributed by atoms with Crippen molar-refractivity contribution in [1.82, 2.24) is 10.2 Å². The fourth-order valence-electron chi connectivity index (χ4n) is 4.42. The van der Waals surface area contributed by atoms with E-state index < -0.39 is 0 Å². The molecule has 5 rings (SSSR count). The lowest BCUT2D eigenvalue weighted by atomic mass is 9.87. The van der Waals surface area contributed by atoms with Crippen molar-refractivity contribution in [3.8, 4) is 5.75 Å². The zero-order valence-electron chi connectivity index (χ0n) is 15.9. The summed E-state index contributed by atoms with van der Waals surface area (Å²) < 4.78 is 6.02. The quantitative estimate of drug-likeness (QED) is 0.739. The molecular formula is C24H24N2O2. The molecule has 3 aromatic carbocycles. The number of rotatable bonds is 2. The molecule has 0 bridgehead atoms. The monoisotopic (exact) mass is 372 g/mol. The number of carbonyl (C=O) groups excluding carboxylic acids is 1. The van der Waals surface area contributed by atoms with Crippen LogP contribution in [-0.4, -0.2) is 36.0 Å². The molecule has 1 fully saturated rings. The Hall–Kier alpha value is -2.85. The number of benzene rings is 3. The standard InChI is InChI=1S/C24H24N2O2/c27-23-21-10-3-4-11-22(21)28-17-24(25-23)12-14-26(15-13-24)16-19-8-5-7-18-6-1-2-9-20(18)19/h1-11H,12-17H2,(H,25,27). The van der Waals surface area contributed by atoms with E-state index in [1.807, 2.05) is 24.3 Å². The molecule has 142 valence electrons. The van der Waals surface area contributed by atoms with Gasteiger partial charge >= 0.3 is 0 Å². The predicted octanol–water partition coefficient (Wildman–Crippen LogP) is 4.00. The van der Waals surface area contributed by atoms with Gasteiger partial charge in [-0.2, -0.15) is 0 Å². The number of hydrogen-bond donors (Lipinski definition) is 1. The summed E-state index contributed by atoms with van der Waals surface area (Å²) in [6.07, 6.45) is 1.80. The molecule has 4 nitrogen and oxygen atoms in total. The summed E-state index contributed by atoms with van der Waals surface area (Å²) in [5.74, 6) is 0.672. The molecule has 0 atom stereocenters. The number of ether oxygens (including phenoxy) is 1. The van der Waals surface area contributed by atoms with Crippen molar-refractivity contribution in [2.45, 2.75) is 24.9 Å². The highest BCUT2D eigenvalue weighted by atomic mass is 16.5. The van der Waals surface area contributed by atoms with E-state index in [0.717, 1.165) is 32.5 Å². The molecule has 2 heterocycles. The first-order valence-electron chi connectivity index (χ1n) is 9.96. The molecule has 2 aliphatic rings. The van der Waals surface area contributed by atoms with Gasteiger partial charge in [-0.1, -0.05) is 54.6 Å². The van der Waals surface area contributed by atoms with Crippen molar-refractivity contribution in [2.75, 3.05) is 19.7 Å². The first-order valence-corrected chi connectivity index (χ1v) is 9.96. The van der Waals surface area contributed by atoms with Crippen molar-refractivity contribution in [3.63, 3.8) is 0 Å². The summed E-state index contributed by atoms with van der Waals surface area (Å²) in [5.41, 5.74) is 1.73. The number of carbonyl (C=O) groups is 1. The lowest BCUT2D eigenvalue weighted by Crippen LogP contribution is -2.57. The third kappa shape index (κ3) is 3.14. The van der Waals surface area contributed by atoms with Gasteiger partial charge in [0.2, 0.25) is 0 Å². The second-order valence-electron chi connectivity index (χ2n) is 7.93. The fourth-order valence-corrected chi connectivity index (χ4v) is 4.42. The number of nitrogens with one attached hydrogen (secondary N) is 1. The highest BCUT2D eigenvalue weighted by molar-refractivity contribution is 5.97. The minimum absolute atomic E-state index is 0.0180. The highest BCUT2D eigenvalue weighted by Gasteiger charge is 2.39. The summed E-state index contributed by atoms with van der Waals surface area (Å²) in [4.78, 5) is 15.2. The van der Waals surface area contributed by atoms with E-state index in [0.29, 0.717) is 17.9 Å². The number of para-hydroxylation sites is 1. The van der Waals surface area contributed by atoms with Gasteiger partial charge in [0.05, 0.1) is 11.1 Å². The highest BCUT2D eigenvalue weighted by Crippen LogP contribution is 2.30. The summed E-state index contributed by atoms with van der Waals surface area (Å²) >= 11 is 0. The molecule has 1 N–H and O–H groups in total. The van der Waals surface area contributed by atoms with Crippen molar-refractivity contribution < 1.29 is 9.53 Å². The van der Waals surface area contributed by atoms with Crippen LogP contribution in [0.1, 0.15) is 28.8 Å². The molecule has 4 heteroatoms. The van der Waals surface area contributed by atoms with Crippen LogP contribution in [-0.2, 0) is 6.54 Å². The Balaban J connectivity index is 1.29. The smallest absolute Gasteiger partial charge is 0.255 e. The van der Waals surface area contributed by atoms with Gasteiger partial charge in [-0.25, -0.2) is 0 Å². The third-order valence-electron chi connectivity index (χ3n) is 6.10. The zero-order chi connectivity index (χ0) is 19.0. The minimum atomic E-state index is -0.272. The Labute approximate surface area is 165 Å². The Bertz CT molecular complexity index is 1020. The first kappa shape index (κ1) is 17.3. The molecule has 0 unspecified atom stereocenters. The molecule has 0 radical (unpaired) electrons. The van der Waals surface area contributed by atoms with Crippen LogP contribution in [0.3, 0.4) is 0 Å². The van der Waals surface area contributed by atoms with E-state index in [1.54, 1.807) is 0 Å². The number of nitrogens with zero attached hydrogens (tertiary/aromatic N) is 1. The van der Waals surface area contributed by atoms with Gasteiger partial charge in [-0.05, 0) is 41.3 Å². The summed E-state index contributed by atoms with van der Waals surface area (Å²) in [6.45, 7) is 3.37. The van der Waals surface area contributed by atoms with E-state index in [4.69, 9.17) is 4.74 Å². The Morgan fingerprint density at radius 3 is 2.57 bits per heavy atom. The number of hydrogen-bond acceptors (Lipinski definition) is 3. The van der Waals surface area contributed by atoms with E-state index in [1.165, 1.54) is 16.3 Å². The summed E-state index contributed by atoms with van der Waals surface area (Å²) in [7, 11) is 0. The fraction of sp³-hybridized carbons (Fsp3) is 0.292. The molecule has 1 saturated heterocycles. The van der Waals surface area contributed by atoms with Crippen LogP contribution in [0.5, 0.6) is 5.75 Å². The Morgan fingerprint density at radius 2 is 1.68 bits per heavy atom. The van der Waals surface area contributed by atoms with Crippen LogP contribution in [0.25, 0.3) is 10.8 Å². The molecule has 1 spiro atoms. The number of fused-ring (bicyclic) bond motifs is 2. The van der Waals surface area contributed by atoms with Crippen LogP contribution < -0.4 is 10.1 Å². The second kappa shape index (κ2) is 6.95. The number of likely N-dealkylation sites (tertiary alicyclic amines) is 1. The minimum Gasteiger partial charge on any atom is -0.490 e. The maximum Gasteiger partial charge on any atom is 0.255 e. The van der Waals surface area contributed by atoms with Crippen LogP contribution >= 0.6 is 0 Å². The van der Waals surface area contributed by atoms with Crippen molar-refractivity contribution in [1.29, 1.82) is 0 Å². The van der Waals surface area contributed by atoms with Crippen LogP contribution in [0.2, 0.25) is 0 Å². The van der Waals surface area contributed by atoms with Crippen LogP contribution in [0.4, 0.5) is 0 Å². The second-order valence-corrected chi connectivity index (χ2v) is 7.93. The van der Waals surface area contributed by atoms with Gasteiger partial charge in [0.15, 0.2) is 0 Å². The SMILES string of the molecule is O=C1NC2(CCN(Cc3cccc4ccccc34)CC2)COc2ccccc21. The maximum absolute atomic E-state index is 12.7. The van der Waals surface area contributed by atoms with Crippen LogP contribution in [0.15, 0.2) is 66.7 Å².